The Morgan fingerprint density at radius 1 is 0.946 bits per heavy atom. The molecule has 0 radical (unpaired) electrons. The number of amides is 2. The molecule has 0 bridgehead atoms. The summed E-state index contributed by atoms with van der Waals surface area (Å²) in [5.74, 6) is 1.55. The minimum Gasteiger partial charge on any atom is -0.368 e. The summed E-state index contributed by atoms with van der Waals surface area (Å²) in [5, 5.41) is 17.4. The Hall–Kier alpha value is -3.66. The number of aromatic nitrogens is 4. The molecule has 0 atom stereocenters. The van der Waals surface area contributed by atoms with Crippen molar-refractivity contribution >= 4 is 35.1 Å². The molecule has 0 saturated heterocycles. The minimum atomic E-state index is -0.186. The maximum atomic E-state index is 12.7. The van der Waals surface area contributed by atoms with E-state index in [1.54, 1.807) is 23.9 Å². The van der Waals surface area contributed by atoms with Crippen LogP contribution in [0.1, 0.15) is 49.4 Å². The summed E-state index contributed by atoms with van der Waals surface area (Å²) in [6.07, 6.45) is 0. The number of nitrogens with zero attached hydrogens (tertiary/aromatic N) is 4. The van der Waals surface area contributed by atoms with Gasteiger partial charge in [-0.05, 0) is 37.3 Å². The van der Waals surface area contributed by atoms with E-state index in [1.807, 2.05) is 25.1 Å². The van der Waals surface area contributed by atoms with Gasteiger partial charge < -0.3 is 21.3 Å². The van der Waals surface area contributed by atoms with Gasteiger partial charge in [0.15, 0.2) is 5.82 Å². The van der Waals surface area contributed by atoms with E-state index in [0.29, 0.717) is 54.4 Å². The first-order chi connectivity index (χ1) is 17.5. The van der Waals surface area contributed by atoms with E-state index in [9.17, 15) is 9.59 Å². The van der Waals surface area contributed by atoms with Crippen molar-refractivity contribution in [1.29, 1.82) is 0 Å². The smallest absolute Gasteiger partial charge is 0.269 e. The van der Waals surface area contributed by atoms with Crippen LogP contribution in [0.25, 0.3) is 11.4 Å². The number of hydrogen-bond acceptors (Lipinski definition) is 7. The van der Waals surface area contributed by atoms with Crippen LogP contribution in [-0.2, 0) is 17.3 Å². The predicted octanol–water partition coefficient (Wildman–Crippen LogP) is 3.53. The summed E-state index contributed by atoms with van der Waals surface area (Å²) < 4.78 is 1.61. The average molecular weight is 527 g/mol. The van der Waals surface area contributed by atoms with Gasteiger partial charge in [0.1, 0.15) is 17.3 Å². The highest BCUT2D eigenvalue weighted by Gasteiger charge is 2.21. The molecule has 198 valence electrons. The van der Waals surface area contributed by atoms with Gasteiger partial charge in [-0.25, -0.2) is 9.97 Å². The first-order valence-corrected chi connectivity index (χ1v) is 12.5. The number of halogens is 1. The molecule has 1 aromatic carbocycles. The molecule has 0 spiro atoms. The molecule has 0 fully saturated rings. The van der Waals surface area contributed by atoms with Crippen molar-refractivity contribution in [2.75, 3.05) is 36.8 Å². The summed E-state index contributed by atoms with van der Waals surface area (Å²) in [6.45, 7) is 11.4. The van der Waals surface area contributed by atoms with E-state index in [-0.39, 0.29) is 17.2 Å². The van der Waals surface area contributed by atoms with E-state index in [2.05, 4.69) is 52.1 Å². The monoisotopic (exact) mass is 526 g/mol. The van der Waals surface area contributed by atoms with Crippen LogP contribution in [0, 0.1) is 6.92 Å². The molecule has 0 aliphatic heterocycles. The van der Waals surface area contributed by atoms with Crippen LogP contribution in [0.5, 0.6) is 0 Å². The number of aryl methyl sites for hydroxylation is 1. The second-order valence-electron chi connectivity index (χ2n) is 9.76. The fourth-order valence-electron chi connectivity index (χ4n) is 3.50. The second-order valence-corrected chi connectivity index (χ2v) is 10.2. The maximum Gasteiger partial charge on any atom is 0.269 e. The van der Waals surface area contributed by atoms with Crippen LogP contribution in [-0.4, -0.2) is 57.7 Å². The third kappa shape index (κ3) is 7.66. The van der Waals surface area contributed by atoms with Crippen LogP contribution in [0.4, 0.5) is 11.6 Å². The topological polar surface area (TPSA) is 126 Å². The quantitative estimate of drug-likeness (QED) is 0.298. The summed E-state index contributed by atoms with van der Waals surface area (Å²) in [4.78, 5) is 33.3. The van der Waals surface area contributed by atoms with Crippen molar-refractivity contribution in [3.63, 3.8) is 0 Å². The molecule has 3 aromatic rings. The van der Waals surface area contributed by atoms with Gasteiger partial charge in [0.25, 0.3) is 5.91 Å². The molecule has 0 aliphatic carbocycles. The zero-order valence-corrected chi connectivity index (χ0v) is 23.0. The predicted molar refractivity (Wildman–Crippen MR) is 147 cm³/mol. The lowest BCUT2D eigenvalue weighted by Gasteiger charge is -2.16. The van der Waals surface area contributed by atoms with E-state index in [1.165, 1.54) is 6.92 Å². The fourth-order valence-corrected chi connectivity index (χ4v) is 3.63. The lowest BCUT2D eigenvalue weighted by molar-refractivity contribution is -0.118. The minimum absolute atomic E-state index is 0.0896. The number of nitrogens with one attached hydrogen (secondary N) is 4. The van der Waals surface area contributed by atoms with Crippen molar-refractivity contribution in [3.8, 4) is 11.4 Å². The van der Waals surface area contributed by atoms with Gasteiger partial charge in [0.2, 0.25) is 5.91 Å². The molecular weight excluding hydrogens is 492 g/mol. The number of anilines is 2. The molecule has 4 N–H and O–H groups in total. The van der Waals surface area contributed by atoms with Gasteiger partial charge in [-0.15, -0.1) is 0 Å². The summed E-state index contributed by atoms with van der Waals surface area (Å²) in [6, 6.07) is 9.12. The van der Waals surface area contributed by atoms with Crippen LogP contribution < -0.4 is 21.3 Å². The van der Waals surface area contributed by atoms with Crippen molar-refractivity contribution in [2.24, 2.45) is 7.05 Å². The van der Waals surface area contributed by atoms with E-state index in [4.69, 9.17) is 16.6 Å². The van der Waals surface area contributed by atoms with Crippen molar-refractivity contribution < 1.29 is 9.59 Å². The Labute approximate surface area is 222 Å². The first-order valence-electron chi connectivity index (χ1n) is 12.1. The zero-order chi connectivity index (χ0) is 27.2. The first kappa shape index (κ1) is 27.9. The molecule has 11 heteroatoms. The van der Waals surface area contributed by atoms with E-state index in [0.717, 1.165) is 16.8 Å². The number of hydrogen-bond donors (Lipinski definition) is 4. The molecule has 2 heterocycles. The summed E-state index contributed by atoms with van der Waals surface area (Å²) >= 11 is 6.04. The zero-order valence-electron chi connectivity index (χ0n) is 22.2. The lowest BCUT2D eigenvalue weighted by atomic mass is 9.92. The Bertz CT molecular complexity index is 1250. The molecule has 0 aliphatic rings. The van der Waals surface area contributed by atoms with Gasteiger partial charge in [-0.2, -0.15) is 5.10 Å². The molecule has 37 heavy (non-hydrogen) atoms. The van der Waals surface area contributed by atoms with Crippen molar-refractivity contribution in [3.05, 3.63) is 52.3 Å². The Morgan fingerprint density at radius 3 is 2.03 bits per heavy atom. The van der Waals surface area contributed by atoms with Crippen LogP contribution >= 0.6 is 11.6 Å². The van der Waals surface area contributed by atoms with Crippen molar-refractivity contribution in [1.82, 2.24) is 30.4 Å². The molecule has 0 saturated carbocycles. The van der Waals surface area contributed by atoms with Crippen LogP contribution in [0.15, 0.2) is 30.3 Å². The Balaban J connectivity index is 1.70. The van der Waals surface area contributed by atoms with Crippen LogP contribution in [0.3, 0.4) is 0 Å². The highest BCUT2D eigenvalue weighted by atomic mass is 35.5. The van der Waals surface area contributed by atoms with Gasteiger partial charge in [-0.3, -0.25) is 14.3 Å². The molecule has 3 rings (SSSR count). The standard InChI is InChI=1S/C26H35ClN8O2/c1-16-22(29-12-11-28-17(2)36)32-24(18-7-9-19(27)10-8-18)33-23(16)30-13-14-31-25(37)20-15-21(26(3,4)5)34-35(20)6/h7-10,15H,11-14H2,1-6H3,(H,28,36)(H,31,37)(H2,29,30,32,33). The maximum absolute atomic E-state index is 12.7. The van der Waals surface area contributed by atoms with E-state index < -0.39 is 0 Å². The van der Waals surface area contributed by atoms with E-state index >= 15 is 0 Å². The number of carbonyl (C=O) groups is 2. The van der Waals surface area contributed by atoms with Crippen LogP contribution in [0.2, 0.25) is 5.02 Å². The average Bonchev–Trinajstić information content (AvgIpc) is 3.24. The largest absolute Gasteiger partial charge is 0.368 e. The highest BCUT2D eigenvalue weighted by molar-refractivity contribution is 6.30. The molecule has 10 nitrogen and oxygen atoms in total. The highest BCUT2D eigenvalue weighted by Crippen LogP contribution is 2.26. The van der Waals surface area contributed by atoms with Gasteiger partial charge in [-0.1, -0.05) is 32.4 Å². The Morgan fingerprint density at radius 2 is 1.51 bits per heavy atom. The lowest BCUT2D eigenvalue weighted by Crippen LogP contribution is -2.30. The third-order valence-corrected chi connectivity index (χ3v) is 5.88. The molecule has 2 aromatic heterocycles. The normalized spacial score (nSPS) is 11.2. The molecular formula is C26H35ClN8O2. The van der Waals surface area contributed by atoms with Gasteiger partial charge in [0.05, 0.1) is 5.69 Å². The van der Waals surface area contributed by atoms with Gasteiger partial charge in [0, 0.05) is 61.7 Å². The molecule has 0 unspecified atom stereocenters. The summed E-state index contributed by atoms with van der Waals surface area (Å²) in [5.41, 5.74) is 2.88. The van der Waals surface area contributed by atoms with Gasteiger partial charge >= 0.3 is 0 Å². The third-order valence-electron chi connectivity index (χ3n) is 5.62. The fraction of sp³-hybridized carbons (Fsp3) is 0.423. The van der Waals surface area contributed by atoms with Crippen molar-refractivity contribution in [2.45, 2.75) is 40.0 Å². The number of rotatable bonds is 10. The number of benzene rings is 1. The Kier molecular flexibility index (Phi) is 9.09. The molecule has 2 amide bonds. The second kappa shape index (κ2) is 12.1. The number of carbonyl (C=O) groups excluding carboxylic acids is 2. The SMILES string of the molecule is CC(=O)NCCNc1nc(-c2ccc(Cl)cc2)nc(NCCNC(=O)c2cc(C(C)(C)C)nn2C)c1C. The summed E-state index contributed by atoms with van der Waals surface area (Å²) in [7, 11) is 1.77.